The fourth-order valence-corrected chi connectivity index (χ4v) is 8.66. The Bertz CT molecular complexity index is 3030. The molecule has 56 heavy (non-hydrogen) atoms. The number of rotatable bonds is 7. The Labute approximate surface area is 335 Å². The standard InChI is InChI=1S/C54H36BrN/c55-54-35-44-33-42(24-31-50(44)51-17-6-7-18-52(51)54)40-14-8-15-41(32-40)43-25-30-49(36-10-2-1-3-11-36)53(34-43)39-22-28-46(29-23-39)56-45-26-20-38(21-27-45)48-19-9-13-37-12-4-5-16-47(37)48/h1-35,56H. The van der Waals surface area contributed by atoms with Gasteiger partial charge in [0.15, 0.2) is 0 Å². The first-order valence-corrected chi connectivity index (χ1v) is 19.8. The van der Waals surface area contributed by atoms with Gasteiger partial charge in [0.2, 0.25) is 0 Å². The zero-order valence-corrected chi connectivity index (χ0v) is 32.2. The molecular formula is C54H36BrN. The summed E-state index contributed by atoms with van der Waals surface area (Å²) in [7, 11) is 0. The highest BCUT2D eigenvalue weighted by atomic mass is 79.9. The maximum atomic E-state index is 3.82. The molecule has 10 aromatic rings. The van der Waals surface area contributed by atoms with Gasteiger partial charge in [-0.15, -0.1) is 0 Å². The predicted octanol–water partition coefficient (Wildman–Crippen LogP) is 16.0. The van der Waals surface area contributed by atoms with Crippen LogP contribution in [0.2, 0.25) is 0 Å². The molecule has 264 valence electrons. The summed E-state index contributed by atoms with van der Waals surface area (Å²) in [6.07, 6.45) is 0. The van der Waals surface area contributed by atoms with Gasteiger partial charge in [-0.1, -0.05) is 180 Å². The van der Waals surface area contributed by atoms with Gasteiger partial charge in [-0.3, -0.25) is 0 Å². The molecule has 0 radical (unpaired) electrons. The number of anilines is 2. The third kappa shape index (κ3) is 6.45. The van der Waals surface area contributed by atoms with Gasteiger partial charge in [0.1, 0.15) is 0 Å². The second-order valence-corrected chi connectivity index (χ2v) is 15.2. The van der Waals surface area contributed by atoms with Crippen LogP contribution in [0.5, 0.6) is 0 Å². The van der Waals surface area contributed by atoms with Crippen molar-refractivity contribution in [3.63, 3.8) is 0 Å². The Morgan fingerprint density at radius 2 is 0.786 bits per heavy atom. The quantitative estimate of drug-likeness (QED) is 0.159. The molecule has 0 aromatic heterocycles. The van der Waals surface area contributed by atoms with Gasteiger partial charge in [-0.05, 0) is 136 Å². The Kier molecular flexibility index (Phi) is 8.74. The van der Waals surface area contributed by atoms with Crippen molar-refractivity contribution >= 4 is 59.6 Å². The minimum atomic E-state index is 1.05. The molecule has 2 heteroatoms. The molecule has 0 spiro atoms. The molecule has 0 heterocycles. The Morgan fingerprint density at radius 1 is 0.268 bits per heavy atom. The van der Waals surface area contributed by atoms with E-state index in [0.29, 0.717) is 0 Å². The van der Waals surface area contributed by atoms with E-state index in [-0.39, 0.29) is 0 Å². The number of benzene rings is 10. The molecule has 0 fully saturated rings. The minimum absolute atomic E-state index is 1.05. The predicted molar refractivity (Wildman–Crippen MR) is 244 cm³/mol. The summed E-state index contributed by atoms with van der Waals surface area (Å²) in [6, 6.07) is 76.7. The summed E-state index contributed by atoms with van der Waals surface area (Å²) in [4.78, 5) is 0. The molecule has 1 N–H and O–H groups in total. The molecule has 0 bridgehead atoms. The van der Waals surface area contributed by atoms with E-state index in [4.69, 9.17) is 0 Å². The molecule has 10 rings (SSSR count). The van der Waals surface area contributed by atoms with Crippen molar-refractivity contribution in [2.24, 2.45) is 0 Å². The van der Waals surface area contributed by atoms with Gasteiger partial charge < -0.3 is 5.32 Å². The topological polar surface area (TPSA) is 12.0 Å². The van der Waals surface area contributed by atoms with Crippen molar-refractivity contribution < 1.29 is 0 Å². The molecule has 0 atom stereocenters. The molecule has 0 saturated carbocycles. The second-order valence-electron chi connectivity index (χ2n) is 14.4. The van der Waals surface area contributed by atoms with E-state index < -0.39 is 0 Å². The number of nitrogens with one attached hydrogen (secondary N) is 1. The van der Waals surface area contributed by atoms with Crippen LogP contribution in [0.3, 0.4) is 0 Å². The second kappa shape index (κ2) is 14.5. The van der Waals surface area contributed by atoms with Gasteiger partial charge in [-0.25, -0.2) is 0 Å². The Morgan fingerprint density at radius 3 is 1.54 bits per heavy atom. The normalized spacial score (nSPS) is 11.3. The van der Waals surface area contributed by atoms with Crippen molar-refractivity contribution in [2.45, 2.75) is 0 Å². The van der Waals surface area contributed by atoms with Gasteiger partial charge in [0.25, 0.3) is 0 Å². The molecule has 0 aliphatic carbocycles. The monoisotopic (exact) mass is 777 g/mol. The largest absolute Gasteiger partial charge is 0.356 e. The number of hydrogen-bond donors (Lipinski definition) is 1. The smallest absolute Gasteiger partial charge is 0.0384 e. The summed E-state index contributed by atoms with van der Waals surface area (Å²) in [5.41, 5.74) is 14.1. The van der Waals surface area contributed by atoms with Gasteiger partial charge >= 0.3 is 0 Å². The third-order valence-corrected chi connectivity index (χ3v) is 11.6. The van der Waals surface area contributed by atoms with Crippen molar-refractivity contribution in [2.75, 3.05) is 5.32 Å². The van der Waals surface area contributed by atoms with Crippen molar-refractivity contribution in [3.05, 3.63) is 217 Å². The van der Waals surface area contributed by atoms with Crippen molar-refractivity contribution in [1.82, 2.24) is 0 Å². The van der Waals surface area contributed by atoms with E-state index >= 15 is 0 Å². The van der Waals surface area contributed by atoms with Crippen molar-refractivity contribution in [1.29, 1.82) is 0 Å². The summed E-state index contributed by atoms with van der Waals surface area (Å²) < 4.78 is 1.12. The molecule has 0 saturated heterocycles. The number of fused-ring (bicyclic) bond motifs is 4. The summed E-state index contributed by atoms with van der Waals surface area (Å²) in [5.74, 6) is 0. The first-order chi connectivity index (χ1) is 27.6. The summed E-state index contributed by atoms with van der Waals surface area (Å²) >= 11 is 3.82. The number of hydrogen-bond acceptors (Lipinski definition) is 1. The zero-order chi connectivity index (χ0) is 37.4. The van der Waals surface area contributed by atoms with Crippen LogP contribution >= 0.6 is 15.9 Å². The first kappa shape index (κ1) is 33.8. The Hall–Kier alpha value is -6.74. The average Bonchev–Trinajstić information content (AvgIpc) is 3.27. The fraction of sp³-hybridized carbons (Fsp3) is 0. The van der Waals surface area contributed by atoms with Crippen LogP contribution in [0.15, 0.2) is 217 Å². The van der Waals surface area contributed by atoms with Crippen LogP contribution in [0.4, 0.5) is 11.4 Å². The lowest BCUT2D eigenvalue weighted by Gasteiger charge is -2.15. The van der Waals surface area contributed by atoms with E-state index in [1.54, 1.807) is 0 Å². The molecule has 0 aliphatic rings. The average molecular weight is 779 g/mol. The van der Waals surface area contributed by atoms with Crippen LogP contribution in [0.1, 0.15) is 0 Å². The maximum Gasteiger partial charge on any atom is 0.0384 e. The molecular weight excluding hydrogens is 743 g/mol. The molecule has 0 unspecified atom stereocenters. The fourth-order valence-electron chi connectivity index (χ4n) is 8.07. The lowest BCUT2D eigenvalue weighted by Crippen LogP contribution is -1.92. The van der Waals surface area contributed by atoms with Gasteiger partial charge in [-0.2, -0.15) is 0 Å². The zero-order valence-electron chi connectivity index (χ0n) is 30.6. The highest BCUT2D eigenvalue weighted by molar-refractivity contribution is 9.10. The van der Waals surface area contributed by atoms with Crippen LogP contribution in [-0.2, 0) is 0 Å². The highest BCUT2D eigenvalue weighted by Gasteiger charge is 2.13. The van der Waals surface area contributed by atoms with Crippen LogP contribution in [0, 0.1) is 0 Å². The lowest BCUT2D eigenvalue weighted by atomic mass is 9.90. The molecule has 10 aromatic carbocycles. The molecule has 1 nitrogen and oxygen atoms in total. The third-order valence-electron chi connectivity index (χ3n) is 10.9. The van der Waals surface area contributed by atoms with E-state index in [1.165, 1.54) is 88.0 Å². The van der Waals surface area contributed by atoms with Crippen LogP contribution in [-0.4, -0.2) is 0 Å². The van der Waals surface area contributed by atoms with Crippen LogP contribution in [0.25, 0.3) is 88.0 Å². The maximum absolute atomic E-state index is 3.82. The Balaban J connectivity index is 0.958. The van der Waals surface area contributed by atoms with E-state index in [2.05, 4.69) is 234 Å². The summed E-state index contributed by atoms with van der Waals surface area (Å²) in [6.45, 7) is 0. The van der Waals surface area contributed by atoms with E-state index in [9.17, 15) is 0 Å². The van der Waals surface area contributed by atoms with Gasteiger partial charge in [0.05, 0.1) is 0 Å². The van der Waals surface area contributed by atoms with Crippen LogP contribution < -0.4 is 5.32 Å². The van der Waals surface area contributed by atoms with E-state index in [1.807, 2.05) is 0 Å². The van der Waals surface area contributed by atoms with Gasteiger partial charge in [0, 0.05) is 15.8 Å². The van der Waals surface area contributed by atoms with E-state index in [0.717, 1.165) is 15.8 Å². The molecule has 0 amide bonds. The van der Waals surface area contributed by atoms with Crippen molar-refractivity contribution in [3.8, 4) is 55.6 Å². The lowest BCUT2D eigenvalue weighted by molar-refractivity contribution is 1.53. The summed E-state index contributed by atoms with van der Waals surface area (Å²) in [5, 5.41) is 11.1. The first-order valence-electron chi connectivity index (χ1n) is 19.0. The highest BCUT2D eigenvalue weighted by Crippen LogP contribution is 2.39. The molecule has 0 aliphatic heterocycles. The minimum Gasteiger partial charge on any atom is -0.356 e. The number of halogens is 1. The SMILES string of the molecule is Brc1cc2cc(-c3cccc(-c4ccc(-c5ccccc5)c(-c5ccc(Nc6ccc(-c7cccc8ccccc78)cc6)cc5)c4)c3)ccc2c2ccccc12.